The van der Waals surface area contributed by atoms with Crippen molar-refractivity contribution in [3.05, 3.63) is 63.6 Å². The van der Waals surface area contributed by atoms with Crippen LogP contribution in [0, 0.1) is 11.3 Å². The molecule has 2 aliphatic heterocycles. The molecule has 10 heteroatoms. The van der Waals surface area contributed by atoms with Gasteiger partial charge >= 0.3 is 6.03 Å². The van der Waals surface area contributed by atoms with Gasteiger partial charge in [0, 0.05) is 36.0 Å². The van der Waals surface area contributed by atoms with Gasteiger partial charge < -0.3 is 15.5 Å². The number of carbonyl (C=O) groups is 3. The van der Waals surface area contributed by atoms with Gasteiger partial charge in [0.1, 0.15) is 5.54 Å². The number of unbranched alkanes of at least 4 members (excludes halogenated alkanes) is 1. The van der Waals surface area contributed by atoms with Crippen LogP contribution in [0.3, 0.4) is 0 Å². The Hall–Kier alpha value is -3.12. The Labute approximate surface area is 213 Å². The van der Waals surface area contributed by atoms with E-state index in [4.69, 9.17) is 28.9 Å². The van der Waals surface area contributed by atoms with Gasteiger partial charge in [0.25, 0.3) is 5.91 Å². The first kappa shape index (κ1) is 25.0. The lowest BCUT2D eigenvalue weighted by molar-refractivity contribution is -0.131. The molecule has 2 heterocycles. The van der Waals surface area contributed by atoms with E-state index in [0.717, 1.165) is 16.9 Å². The predicted octanol–water partition coefficient (Wildman–Crippen LogP) is 3.76. The van der Waals surface area contributed by atoms with Crippen LogP contribution >= 0.6 is 23.2 Å². The molecule has 8 nitrogen and oxygen atoms in total. The Balaban J connectivity index is 1.77. The number of hydrogen-bond acceptors (Lipinski definition) is 5. The normalized spacial score (nSPS) is 21.8. The number of carbonyl (C=O) groups excluding carboxylic acids is 3. The molecule has 4 amide bonds. The maximum absolute atomic E-state index is 14.1. The van der Waals surface area contributed by atoms with Gasteiger partial charge in [-0.05, 0) is 55.3 Å². The number of halogens is 2. The van der Waals surface area contributed by atoms with Crippen molar-refractivity contribution in [1.82, 2.24) is 9.80 Å². The molecule has 4 rings (SSSR count). The van der Waals surface area contributed by atoms with Crippen LogP contribution in [-0.4, -0.2) is 59.9 Å². The molecule has 0 saturated carbocycles. The van der Waals surface area contributed by atoms with Gasteiger partial charge in [-0.25, -0.2) is 9.69 Å². The van der Waals surface area contributed by atoms with Crippen molar-refractivity contribution in [2.75, 3.05) is 31.6 Å². The summed E-state index contributed by atoms with van der Waals surface area (Å²) in [7, 11) is 1.57. The highest BCUT2D eigenvalue weighted by Gasteiger charge is 2.64. The van der Waals surface area contributed by atoms with E-state index in [1.54, 1.807) is 36.2 Å². The van der Waals surface area contributed by atoms with E-state index in [0.29, 0.717) is 35.0 Å². The number of benzene rings is 2. The van der Waals surface area contributed by atoms with Crippen molar-refractivity contribution in [2.45, 2.75) is 30.7 Å². The molecule has 0 aromatic heterocycles. The molecule has 2 fully saturated rings. The summed E-state index contributed by atoms with van der Waals surface area (Å²) >= 11 is 12.3. The largest absolute Gasteiger partial charge is 0.339 e. The van der Waals surface area contributed by atoms with Gasteiger partial charge in [0.15, 0.2) is 0 Å². The molecule has 2 unspecified atom stereocenters. The lowest BCUT2D eigenvalue weighted by atomic mass is 9.80. The molecule has 0 aliphatic carbocycles. The summed E-state index contributed by atoms with van der Waals surface area (Å²) in [4.78, 5) is 44.7. The third-order valence-corrected chi connectivity index (χ3v) is 7.24. The molecular formula is C25H25Cl2N5O3. The molecule has 182 valence electrons. The standard InChI is InChI=1S/C25H25Cl2N5O3/c1-30-24(35)32(20-11-18(26)10-19(27)12-20)23(34)25(30)15-31(22(33)4-2-3-9-28)14-21(25)17-7-5-16(13-29)6-8-17/h5-8,10-12,21H,2-4,9,14-15,28H2,1H3. The summed E-state index contributed by atoms with van der Waals surface area (Å²) < 4.78 is 0. The summed E-state index contributed by atoms with van der Waals surface area (Å²) in [6, 6.07) is 13.0. The SMILES string of the molecule is CN1C(=O)N(c2cc(Cl)cc(Cl)c2)C(=O)C12CN(C(=O)CCCCN)CC2c1ccc(C#N)cc1. The van der Waals surface area contributed by atoms with Crippen molar-refractivity contribution in [3.8, 4) is 6.07 Å². The van der Waals surface area contributed by atoms with E-state index >= 15 is 0 Å². The molecule has 2 aromatic carbocycles. The number of rotatable bonds is 6. The number of anilines is 1. The number of hydrogen-bond donors (Lipinski definition) is 1. The fraction of sp³-hybridized carbons (Fsp3) is 0.360. The van der Waals surface area contributed by atoms with Crippen LogP contribution in [0.2, 0.25) is 10.0 Å². The summed E-state index contributed by atoms with van der Waals surface area (Å²) in [5.41, 5.74) is 5.77. The van der Waals surface area contributed by atoms with Crippen LogP contribution in [0.25, 0.3) is 0 Å². The summed E-state index contributed by atoms with van der Waals surface area (Å²) in [6.07, 6.45) is 1.69. The number of nitriles is 1. The molecule has 2 aliphatic rings. The minimum absolute atomic E-state index is 0.0605. The first-order valence-electron chi connectivity index (χ1n) is 11.3. The van der Waals surface area contributed by atoms with Gasteiger partial charge in [-0.1, -0.05) is 35.3 Å². The van der Waals surface area contributed by atoms with Crippen molar-refractivity contribution in [1.29, 1.82) is 5.26 Å². The van der Waals surface area contributed by atoms with Gasteiger partial charge in [0.2, 0.25) is 5.91 Å². The molecule has 2 saturated heterocycles. The molecule has 2 N–H and O–H groups in total. The fourth-order valence-corrected chi connectivity index (χ4v) is 5.49. The highest BCUT2D eigenvalue weighted by Crippen LogP contribution is 2.46. The van der Waals surface area contributed by atoms with E-state index in [9.17, 15) is 19.6 Å². The van der Waals surface area contributed by atoms with Crippen molar-refractivity contribution in [3.63, 3.8) is 0 Å². The number of amides is 4. The van der Waals surface area contributed by atoms with Gasteiger partial charge in [-0.2, -0.15) is 5.26 Å². The van der Waals surface area contributed by atoms with Crippen molar-refractivity contribution >= 4 is 46.7 Å². The molecule has 1 spiro atoms. The zero-order chi connectivity index (χ0) is 25.3. The second-order valence-electron chi connectivity index (χ2n) is 8.84. The first-order valence-corrected chi connectivity index (χ1v) is 12.0. The number of imide groups is 1. The molecule has 35 heavy (non-hydrogen) atoms. The second kappa shape index (κ2) is 9.86. The lowest BCUT2D eigenvalue weighted by Gasteiger charge is -2.33. The minimum Gasteiger partial charge on any atom is -0.339 e. The Kier molecular flexibility index (Phi) is 7.04. The van der Waals surface area contributed by atoms with E-state index in [1.165, 1.54) is 23.1 Å². The summed E-state index contributed by atoms with van der Waals surface area (Å²) in [5.74, 6) is -1.03. The number of nitrogens with two attached hydrogens (primary N) is 1. The van der Waals surface area contributed by atoms with E-state index < -0.39 is 23.4 Å². The van der Waals surface area contributed by atoms with Crippen LogP contribution in [0.15, 0.2) is 42.5 Å². The molecule has 0 bridgehead atoms. The number of nitrogens with zero attached hydrogens (tertiary/aromatic N) is 4. The van der Waals surface area contributed by atoms with Crippen LogP contribution in [0.1, 0.15) is 36.3 Å². The molecule has 2 atom stereocenters. The highest BCUT2D eigenvalue weighted by atomic mass is 35.5. The monoisotopic (exact) mass is 513 g/mol. The Morgan fingerprint density at radius 3 is 2.40 bits per heavy atom. The van der Waals surface area contributed by atoms with E-state index in [2.05, 4.69) is 6.07 Å². The van der Waals surface area contributed by atoms with Crippen molar-refractivity contribution in [2.24, 2.45) is 5.73 Å². The van der Waals surface area contributed by atoms with E-state index in [-0.39, 0.29) is 24.7 Å². The molecular weight excluding hydrogens is 489 g/mol. The van der Waals surface area contributed by atoms with Crippen LogP contribution in [0.4, 0.5) is 10.5 Å². The minimum atomic E-state index is -1.32. The average molecular weight is 514 g/mol. The maximum atomic E-state index is 14.1. The average Bonchev–Trinajstić information content (AvgIpc) is 3.32. The number of likely N-dealkylation sites (N-methyl/N-ethyl adjacent to an activating group) is 1. The van der Waals surface area contributed by atoms with Gasteiger partial charge in [0.05, 0.1) is 23.9 Å². The highest BCUT2D eigenvalue weighted by molar-refractivity contribution is 6.35. The van der Waals surface area contributed by atoms with Gasteiger partial charge in [-0.15, -0.1) is 0 Å². The smallest absolute Gasteiger partial charge is 0.332 e. The summed E-state index contributed by atoms with van der Waals surface area (Å²) in [5, 5.41) is 9.78. The lowest BCUT2D eigenvalue weighted by Crippen LogP contribution is -2.54. The van der Waals surface area contributed by atoms with Crippen molar-refractivity contribution < 1.29 is 14.4 Å². The Morgan fingerprint density at radius 2 is 1.80 bits per heavy atom. The van der Waals surface area contributed by atoms with Gasteiger partial charge in [-0.3, -0.25) is 9.59 Å². The zero-order valence-electron chi connectivity index (χ0n) is 19.2. The van der Waals surface area contributed by atoms with Crippen LogP contribution in [-0.2, 0) is 9.59 Å². The predicted molar refractivity (Wildman–Crippen MR) is 133 cm³/mol. The fourth-order valence-electron chi connectivity index (χ4n) is 4.97. The zero-order valence-corrected chi connectivity index (χ0v) is 20.7. The number of likely N-dealkylation sites (tertiary alicyclic amines) is 1. The number of urea groups is 1. The third-order valence-electron chi connectivity index (χ3n) is 6.81. The first-order chi connectivity index (χ1) is 16.7. The Morgan fingerprint density at radius 1 is 1.14 bits per heavy atom. The quantitative estimate of drug-likeness (QED) is 0.466. The maximum Gasteiger partial charge on any atom is 0.332 e. The van der Waals surface area contributed by atoms with E-state index in [1.807, 2.05) is 0 Å². The molecule has 0 radical (unpaired) electrons. The molecule has 2 aromatic rings. The Bertz CT molecular complexity index is 1190. The third kappa shape index (κ3) is 4.36. The van der Waals surface area contributed by atoms with Crippen LogP contribution in [0.5, 0.6) is 0 Å². The summed E-state index contributed by atoms with van der Waals surface area (Å²) in [6.45, 7) is 0.823. The van der Waals surface area contributed by atoms with Crippen LogP contribution < -0.4 is 10.6 Å². The second-order valence-corrected chi connectivity index (χ2v) is 9.71. The topological polar surface area (TPSA) is 111 Å².